The van der Waals surface area contributed by atoms with Gasteiger partial charge >= 0.3 is 0 Å². The summed E-state index contributed by atoms with van der Waals surface area (Å²) in [4.78, 5) is 17.5. The molecule has 3 aromatic heterocycles. The molecular formula is C21H16ClFN4O2S. The number of hydrogen-bond donors (Lipinski definition) is 1. The van der Waals surface area contributed by atoms with Crippen molar-refractivity contribution >= 4 is 23.4 Å². The van der Waals surface area contributed by atoms with Crippen LogP contribution in [0.4, 0.5) is 4.39 Å². The summed E-state index contributed by atoms with van der Waals surface area (Å²) >= 11 is 7.15. The van der Waals surface area contributed by atoms with Crippen molar-refractivity contribution in [3.63, 3.8) is 0 Å². The van der Waals surface area contributed by atoms with E-state index in [9.17, 15) is 9.50 Å². The van der Waals surface area contributed by atoms with Crippen molar-refractivity contribution in [2.45, 2.75) is 29.6 Å². The van der Waals surface area contributed by atoms with Crippen molar-refractivity contribution in [2.24, 2.45) is 0 Å². The highest BCUT2D eigenvalue weighted by Gasteiger charge is 2.22. The molecule has 0 amide bonds. The Hall–Kier alpha value is -2.81. The Balaban J connectivity index is 1.77. The lowest BCUT2D eigenvalue weighted by atomic mass is 10.1. The highest BCUT2D eigenvalue weighted by Crippen LogP contribution is 2.38. The lowest BCUT2D eigenvalue weighted by Crippen LogP contribution is -2.17. The molecule has 0 radical (unpaired) electrons. The van der Waals surface area contributed by atoms with Gasteiger partial charge in [-0.15, -0.1) is 0 Å². The van der Waals surface area contributed by atoms with Crippen LogP contribution in [0.15, 0.2) is 69.5 Å². The van der Waals surface area contributed by atoms with Crippen molar-refractivity contribution in [3.8, 4) is 22.8 Å². The molecule has 1 N–H and O–H groups in total. The number of halogens is 2. The summed E-state index contributed by atoms with van der Waals surface area (Å²) in [5.41, 5.74) is 0.686. The Labute approximate surface area is 181 Å². The molecule has 4 aromatic rings. The molecule has 9 heteroatoms. The van der Waals surface area contributed by atoms with Crippen LogP contribution in [-0.2, 0) is 5.60 Å². The summed E-state index contributed by atoms with van der Waals surface area (Å²) in [5.74, 6) is -0.149. The molecule has 0 fully saturated rings. The summed E-state index contributed by atoms with van der Waals surface area (Å²) in [6.45, 7) is 3.25. The first-order valence-corrected chi connectivity index (χ1v) is 10.1. The first-order chi connectivity index (χ1) is 14.3. The van der Waals surface area contributed by atoms with Crippen LogP contribution >= 0.6 is 23.4 Å². The second-order valence-corrected chi connectivity index (χ2v) is 8.36. The summed E-state index contributed by atoms with van der Waals surface area (Å²) in [6.07, 6.45) is 4.53. The summed E-state index contributed by atoms with van der Waals surface area (Å²) in [7, 11) is 0. The fraction of sp³-hybridized carbons (Fsp3) is 0.143. The second kappa shape index (κ2) is 8.14. The minimum absolute atomic E-state index is 0.245. The van der Waals surface area contributed by atoms with Gasteiger partial charge < -0.3 is 9.52 Å². The maximum Gasteiger partial charge on any atom is 0.228 e. The van der Waals surface area contributed by atoms with Gasteiger partial charge in [-0.1, -0.05) is 17.7 Å². The molecule has 152 valence electrons. The third kappa shape index (κ3) is 4.51. The zero-order valence-corrected chi connectivity index (χ0v) is 17.6. The van der Waals surface area contributed by atoms with Crippen LogP contribution < -0.4 is 0 Å². The van der Waals surface area contributed by atoms with Crippen LogP contribution in [0.3, 0.4) is 0 Å². The van der Waals surface area contributed by atoms with Gasteiger partial charge in [0.1, 0.15) is 27.8 Å². The lowest BCUT2D eigenvalue weighted by Gasteiger charge is -2.15. The Morgan fingerprint density at radius 3 is 2.53 bits per heavy atom. The summed E-state index contributed by atoms with van der Waals surface area (Å²) in [5, 5.41) is 11.7. The molecule has 0 unspecified atom stereocenters. The van der Waals surface area contributed by atoms with Gasteiger partial charge in [-0.2, -0.15) is 0 Å². The fourth-order valence-electron chi connectivity index (χ4n) is 2.57. The smallest absolute Gasteiger partial charge is 0.228 e. The van der Waals surface area contributed by atoms with Crippen molar-refractivity contribution < 1.29 is 13.9 Å². The van der Waals surface area contributed by atoms with E-state index in [4.69, 9.17) is 16.0 Å². The van der Waals surface area contributed by atoms with Crippen LogP contribution in [0.5, 0.6) is 0 Å². The van der Waals surface area contributed by atoms with Gasteiger partial charge in [-0.3, -0.25) is 9.97 Å². The van der Waals surface area contributed by atoms with E-state index >= 15 is 0 Å². The minimum atomic E-state index is -1.12. The highest BCUT2D eigenvalue weighted by molar-refractivity contribution is 7.99. The molecule has 0 aliphatic heterocycles. The van der Waals surface area contributed by atoms with Crippen LogP contribution in [-0.4, -0.2) is 25.0 Å². The van der Waals surface area contributed by atoms with Gasteiger partial charge in [-0.05, 0) is 55.9 Å². The first-order valence-electron chi connectivity index (χ1n) is 8.91. The van der Waals surface area contributed by atoms with Crippen molar-refractivity contribution in [1.29, 1.82) is 0 Å². The molecule has 0 atom stereocenters. The average Bonchev–Trinajstić information content (AvgIpc) is 3.13. The van der Waals surface area contributed by atoms with Gasteiger partial charge in [0.05, 0.1) is 23.1 Å². The largest absolute Gasteiger partial charge is 0.429 e. The molecule has 0 bridgehead atoms. The molecule has 3 heterocycles. The molecule has 0 aliphatic carbocycles. The number of pyridine rings is 1. The quantitative estimate of drug-likeness (QED) is 0.445. The topological polar surface area (TPSA) is 84.9 Å². The number of benzene rings is 1. The maximum atomic E-state index is 13.7. The van der Waals surface area contributed by atoms with Gasteiger partial charge in [-0.25, -0.2) is 14.4 Å². The zero-order valence-electron chi connectivity index (χ0n) is 16.0. The molecule has 1 aromatic carbocycles. The fourth-order valence-corrected chi connectivity index (χ4v) is 3.48. The first kappa shape index (κ1) is 20.5. The second-order valence-electron chi connectivity index (χ2n) is 6.93. The van der Waals surface area contributed by atoms with Crippen LogP contribution in [0.2, 0.25) is 5.02 Å². The molecule has 0 saturated heterocycles. The number of aliphatic hydroxyl groups is 1. The van der Waals surface area contributed by atoms with Crippen molar-refractivity contribution in [1.82, 2.24) is 19.9 Å². The third-order valence-electron chi connectivity index (χ3n) is 4.09. The molecule has 0 saturated carbocycles. The number of aromatic nitrogens is 4. The lowest BCUT2D eigenvalue weighted by molar-refractivity contribution is 0.0734. The minimum Gasteiger partial charge on any atom is -0.429 e. The van der Waals surface area contributed by atoms with E-state index in [1.807, 2.05) is 0 Å². The van der Waals surface area contributed by atoms with E-state index < -0.39 is 11.4 Å². The van der Waals surface area contributed by atoms with E-state index in [2.05, 4.69) is 19.9 Å². The summed E-state index contributed by atoms with van der Waals surface area (Å²) < 4.78 is 19.6. The maximum absolute atomic E-state index is 13.7. The van der Waals surface area contributed by atoms with E-state index in [1.54, 1.807) is 38.1 Å². The monoisotopic (exact) mass is 442 g/mol. The Bertz CT molecular complexity index is 1180. The third-order valence-corrected chi connectivity index (χ3v) is 5.22. The zero-order chi connectivity index (χ0) is 21.3. The summed E-state index contributed by atoms with van der Waals surface area (Å²) in [6, 6.07) is 9.45. The Morgan fingerprint density at radius 1 is 1.07 bits per heavy atom. The predicted molar refractivity (Wildman–Crippen MR) is 112 cm³/mol. The van der Waals surface area contributed by atoms with Gasteiger partial charge in [0.25, 0.3) is 0 Å². The van der Waals surface area contributed by atoms with Crippen LogP contribution in [0, 0.1) is 5.82 Å². The number of nitrogens with zero attached hydrogens (tertiary/aromatic N) is 4. The molecule has 0 spiro atoms. The molecule has 0 aliphatic rings. The van der Waals surface area contributed by atoms with Gasteiger partial charge in [0.15, 0.2) is 5.09 Å². The molecular weight excluding hydrogens is 427 g/mol. The number of rotatable bonds is 5. The Kier molecular flexibility index (Phi) is 5.55. The Morgan fingerprint density at radius 2 is 1.90 bits per heavy atom. The van der Waals surface area contributed by atoms with Crippen LogP contribution in [0.25, 0.3) is 22.8 Å². The number of oxazole rings is 1. The van der Waals surface area contributed by atoms with Crippen molar-refractivity contribution in [2.75, 3.05) is 0 Å². The SMILES string of the molecule is CC(C)(O)c1cnc(-c2nc(-c3cccc(F)c3)oc2Sc2ccc(Cl)cn2)cn1. The molecule has 6 nitrogen and oxygen atoms in total. The number of hydrogen-bond acceptors (Lipinski definition) is 7. The van der Waals surface area contributed by atoms with Crippen LogP contribution in [0.1, 0.15) is 19.5 Å². The predicted octanol–water partition coefficient (Wildman–Crippen LogP) is 5.36. The average molecular weight is 443 g/mol. The molecule has 4 rings (SSSR count). The van der Waals surface area contributed by atoms with E-state index in [0.717, 1.165) is 0 Å². The van der Waals surface area contributed by atoms with E-state index in [-0.39, 0.29) is 5.89 Å². The van der Waals surface area contributed by atoms with Gasteiger partial charge in [0.2, 0.25) is 5.89 Å². The normalized spacial score (nSPS) is 11.6. The van der Waals surface area contributed by atoms with Gasteiger partial charge in [0, 0.05) is 11.8 Å². The van der Waals surface area contributed by atoms with E-state index in [0.29, 0.717) is 37.8 Å². The molecule has 30 heavy (non-hydrogen) atoms. The van der Waals surface area contributed by atoms with E-state index in [1.165, 1.54) is 42.5 Å². The highest BCUT2D eigenvalue weighted by atomic mass is 35.5. The standard InChI is InChI=1S/C21H16ClFN4O2S/c1-21(2,28)16-11-24-15(10-25-16)18-20(30-17-7-6-13(22)9-26-17)29-19(27-18)12-4-3-5-14(23)8-12/h3-11,28H,1-2H3. The van der Waals surface area contributed by atoms with Crippen molar-refractivity contribution in [3.05, 3.63) is 71.5 Å².